The lowest BCUT2D eigenvalue weighted by Gasteiger charge is -2.23. The maximum Gasteiger partial charge on any atom is 0.224 e. The number of methoxy groups -OCH3 is 1. The number of nitrogens with zero attached hydrogens (tertiary/aromatic N) is 3. The summed E-state index contributed by atoms with van der Waals surface area (Å²) in [6, 6.07) is 1.87. The van der Waals surface area contributed by atoms with Gasteiger partial charge in [0, 0.05) is 26.4 Å². The SMILES string of the molecule is COC1(C)CCN(c2ccnc(Cl)n2)C1. The Hall–Kier alpha value is -0.870. The van der Waals surface area contributed by atoms with E-state index in [2.05, 4.69) is 21.8 Å². The van der Waals surface area contributed by atoms with E-state index in [9.17, 15) is 0 Å². The Morgan fingerprint density at radius 3 is 3.00 bits per heavy atom. The average Bonchev–Trinajstić information content (AvgIpc) is 2.62. The van der Waals surface area contributed by atoms with Crippen LogP contribution < -0.4 is 4.90 Å². The number of hydrogen-bond donors (Lipinski definition) is 0. The molecule has 1 fully saturated rings. The third kappa shape index (κ3) is 2.21. The molecule has 0 spiro atoms. The zero-order valence-corrected chi connectivity index (χ0v) is 9.66. The quantitative estimate of drug-likeness (QED) is 0.722. The molecule has 1 aromatic rings. The number of hydrogen-bond acceptors (Lipinski definition) is 4. The molecule has 4 nitrogen and oxygen atoms in total. The lowest BCUT2D eigenvalue weighted by atomic mass is 10.1. The molecular formula is C10H14ClN3O. The van der Waals surface area contributed by atoms with Crippen LogP contribution in [0.4, 0.5) is 5.82 Å². The summed E-state index contributed by atoms with van der Waals surface area (Å²) in [4.78, 5) is 10.2. The van der Waals surface area contributed by atoms with E-state index in [-0.39, 0.29) is 5.60 Å². The van der Waals surface area contributed by atoms with Gasteiger partial charge in [0.1, 0.15) is 5.82 Å². The molecule has 0 radical (unpaired) electrons. The Kier molecular flexibility index (Phi) is 2.80. The minimum absolute atomic E-state index is 0.0720. The average molecular weight is 228 g/mol. The number of rotatable bonds is 2. The standard InChI is InChI=1S/C10H14ClN3O/c1-10(15-2)4-6-14(7-10)8-3-5-12-9(11)13-8/h3,5H,4,6-7H2,1-2H3. The van der Waals surface area contributed by atoms with Gasteiger partial charge in [-0.25, -0.2) is 9.97 Å². The van der Waals surface area contributed by atoms with Crippen LogP contribution in [0.25, 0.3) is 0 Å². The van der Waals surface area contributed by atoms with E-state index in [0.717, 1.165) is 25.3 Å². The molecule has 2 heterocycles. The summed E-state index contributed by atoms with van der Waals surface area (Å²) in [6.07, 6.45) is 2.68. The molecule has 1 unspecified atom stereocenters. The van der Waals surface area contributed by atoms with E-state index in [1.54, 1.807) is 13.3 Å². The number of anilines is 1. The molecule has 82 valence electrons. The van der Waals surface area contributed by atoms with Gasteiger partial charge in [0.2, 0.25) is 5.28 Å². The molecule has 0 amide bonds. The molecule has 1 atom stereocenters. The van der Waals surface area contributed by atoms with E-state index >= 15 is 0 Å². The minimum atomic E-state index is -0.0720. The summed E-state index contributed by atoms with van der Waals surface area (Å²) < 4.78 is 5.46. The predicted molar refractivity (Wildman–Crippen MR) is 59.3 cm³/mol. The van der Waals surface area contributed by atoms with E-state index in [0.29, 0.717) is 5.28 Å². The van der Waals surface area contributed by atoms with Crippen molar-refractivity contribution in [1.82, 2.24) is 9.97 Å². The lowest BCUT2D eigenvalue weighted by molar-refractivity contribution is 0.0256. The molecule has 2 rings (SSSR count). The fraction of sp³-hybridized carbons (Fsp3) is 0.600. The Morgan fingerprint density at radius 2 is 2.40 bits per heavy atom. The highest BCUT2D eigenvalue weighted by Crippen LogP contribution is 2.27. The smallest absolute Gasteiger partial charge is 0.224 e. The zero-order chi connectivity index (χ0) is 10.9. The summed E-state index contributed by atoms with van der Waals surface area (Å²) in [5.41, 5.74) is -0.0720. The number of halogens is 1. The molecule has 0 aliphatic carbocycles. The number of ether oxygens (including phenoxy) is 1. The van der Waals surface area contributed by atoms with Gasteiger partial charge in [-0.1, -0.05) is 0 Å². The van der Waals surface area contributed by atoms with Crippen LogP contribution in [-0.2, 0) is 4.74 Å². The van der Waals surface area contributed by atoms with Gasteiger partial charge in [0.15, 0.2) is 0 Å². The second-order valence-corrected chi connectivity index (χ2v) is 4.35. The van der Waals surface area contributed by atoms with Crippen LogP contribution in [0.2, 0.25) is 5.28 Å². The molecule has 15 heavy (non-hydrogen) atoms. The molecule has 0 N–H and O–H groups in total. The first kappa shape index (κ1) is 10.6. The molecule has 0 aromatic carbocycles. The lowest BCUT2D eigenvalue weighted by Crippen LogP contribution is -2.32. The summed E-state index contributed by atoms with van der Waals surface area (Å²) in [7, 11) is 1.75. The first-order valence-electron chi connectivity index (χ1n) is 4.92. The van der Waals surface area contributed by atoms with Gasteiger partial charge < -0.3 is 9.64 Å². The van der Waals surface area contributed by atoms with Crippen molar-refractivity contribution in [2.24, 2.45) is 0 Å². The van der Waals surface area contributed by atoms with E-state index in [1.807, 2.05) is 6.07 Å². The van der Waals surface area contributed by atoms with Crippen molar-refractivity contribution in [2.75, 3.05) is 25.1 Å². The second-order valence-electron chi connectivity index (χ2n) is 4.01. The molecule has 1 saturated heterocycles. The summed E-state index contributed by atoms with van der Waals surface area (Å²) in [5, 5.41) is 0.290. The Bertz CT molecular complexity index is 360. The maximum atomic E-state index is 5.75. The van der Waals surface area contributed by atoms with Gasteiger partial charge in [-0.15, -0.1) is 0 Å². The first-order chi connectivity index (χ1) is 7.13. The largest absolute Gasteiger partial charge is 0.377 e. The van der Waals surface area contributed by atoms with Gasteiger partial charge in [0.25, 0.3) is 0 Å². The number of aromatic nitrogens is 2. The molecule has 0 saturated carbocycles. The highest BCUT2D eigenvalue weighted by atomic mass is 35.5. The summed E-state index contributed by atoms with van der Waals surface area (Å²) >= 11 is 5.75. The van der Waals surface area contributed by atoms with E-state index < -0.39 is 0 Å². The predicted octanol–water partition coefficient (Wildman–Crippen LogP) is 1.75. The van der Waals surface area contributed by atoms with E-state index in [1.165, 1.54) is 0 Å². The molecule has 1 aliphatic rings. The van der Waals surface area contributed by atoms with Crippen molar-refractivity contribution < 1.29 is 4.74 Å². The van der Waals surface area contributed by atoms with Crippen LogP contribution >= 0.6 is 11.6 Å². The Balaban J connectivity index is 2.14. The zero-order valence-electron chi connectivity index (χ0n) is 8.90. The molecule has 5 heteroatoms. The summed E-state index contributed by atoms with van der Waals surface area (Å²) in [5.74, 6) is 0.871. The van der Waals surface area contributed by atoms with E-state index in [4.69, 9.17) is 16.3 Å². The van der Waals surface area contributed by atoms with Crippen LogP contribution in [0, 0.1) is 0 Å². The second kappa shape index (κ2) is 3.94. The summed E-state index contributed by atoms with van der Waals surface area (Å²) in [6.45, 7) is 3.89. The van der Waals surface area contributed by atoms with Crippen LogP contribution in [0.3, 0.4) is 0 Å². The molecule has 1 aromatic heterocycles. The molecular weight excluding hydrogens is 214 g/mol. The maximum absolute atomic E-state index is 5.75. The van der Waals surface area contributed by atoms with Gasteiger partial charge in [-0.3, -0.25) is 0 Å². The van der Waals surface area contributed by atoms with Crippen molar-refractivity contribution in [3.8, 4) is 0 Å². The van der Waals surface area contributed by atoms with Gasteiger partial charge in [0.05, 0.1) is 5.60 Å². The Labute approximate surface area is 94.2 Å². The normalized spacial score (nSPS) is 25.9. The van der Waals surface area contributed by atoms with Crippen molar-refractivity contribution in [3.63, 3.8) is 0 Å². The van der Waals surface area contributed by atoms with Gasteiger partial charge in [-0.05, 0) is 31.0 Å². The van der Waals surface area contributed by atoms with Gasteiger partial charge in [-0.2, -0.15) is 0 Å². The Morgan fingerprint density at radius 1 is 1.60 bits per heavy atom. The minimum Gasteiger partial charge on any atom is -0.377 e. The fourth-order valence-corrected chi connectivity index (χ4v) is 1.94. The van der Waals surface area contributed by atoms with Crippen molar-refractivity contribution in [1.29, 1.82) is 0 Å². The fourth-order valence-electron chi connectivity index (χ4n) is 1.80. The van der Waals surface area contributed by atoms with Crippen molar-refractivity contribution in [2.45, 2.75) is 18.9 Å². The van der Waals surface area contributed by atoms with Crippen molar-refractivity contribution >= 4 is 17.4 Å². The first-order valence-corrected chi connectivity index (χ1v) is 5.29. The topological polar surface area (TPSA) is 38.2 Å². The van der Waals surface area contributed by atoms with Crippen LogP contribution in [0.15, 0.2) is 12.3 Å². The molecule has 1 aliphatic heterocycles. The van der Waals surface area contributed by atoms with Crippen LogP contribution in [-0.4, -0.2) is 35.8 Å². The third-order valence-electron chi connectivity index (χ3n) is 2.86. The highest BCUT2D eigenvalue weighted by molar-refractivity contribution is 6.28. The monoisotopic (exact) mass is 227 g/mol. The highest BCUT2D eigenvalue weighted by Gasteiger charge is 2.34. The third-order valence-corrected chi connectivity index (χ3v) is 3.05. The van der Waals surface area contributed by atoms with Crippen LogP contribution in [0.5, 0.6) is 0 Å². The molecule has 0 bridgehead atoms. The van der Waals surface area contributed by atoms with Gasteiger partial charge >= 0.3 is 0 Å². The van der Waals surface area contributed by atoms with Crippen LogP contribution in [0.1, 0.15) is 13.3 Å². The van der Waals surface area contributed by atoms with Crippen molar-refractivity contribution in [3.05, 3.63) is 17.5 Å².